The van der Waals surface area contributed by atoms with E-state index in [9.17, 15) is 14.5 Å². The smallest absolute Gasteiger partial charge is 0.281 e. The van der Waals surface area contributed by atoms with Crippen molar-refractivity contribution in [3.05, 3.63) is 75.9 Å². The molecule has 24 heavy (non-hydrogen) atoms. The van der Waals surface area contributed by atoms with Crippen molar-refractivity contribution in [1.82, 2.24) is 10.2 Å². The summed E-state index contributed by atoms with van der Waals surface area (Å²) >= 11 is 1.21. The summed E-state index contributed by atoms with van der Waals surface area (Å²) in [7, 11) is 0. The number of nitrogens with zero attached hydrogens (tertiary/aromatic N) is 3. The van der Waals surface area contributed by atoms with Gasteiger partial charge < -0.3 is 4.42 Å². The molecule has 3 rings (SSSR count). The Morgan fingerprint density at radius 1 is 1.04 bits per heavy atom. The van der Waals surface area contributed by atoms with Gasteiger partial charge in [0.25, 0.3) is 10.9 Å². The first-order valence-corrected chi connectivity index (χ1v) is 7.61. The van der Waals surface area contributed by atoms with E-state index in [4.69, 9.17) is 4.42 Å². The van der Waals surface area contributed by atoms with Crippen LogP contribution in [0.3, 0.4) is 0 Å². The Morgan fingerprint density at radius 3 is 2.42 bits per heavy atom. The van der Waals surface area contributed by atoms with Gasteiger partial charge in [0.1, 0.15) is 5.82 Å². The summed E-state index contributed by atoms with van der Waals surface area (Å²) in [6, 6.07) is 12.0. The van der Waals surface area contributed by atoms with Gasteiger partial charge in [0.2, 0.25) is 5.89 Å². The van der Waals surface area contributed by atoms with Gasteiger partial charge >= 0.3 is 0 Å². The summed E-state index contributed by atoms with van der Waals surface area (Å²) in [5.74, 6) is 0.00969. The third-order valence-corrected chi connectivity index (χ3v) is 3.81. The molecule has 0 aliphatic heterocycles. The summed E-state index contributed by atoms with van der Waals surface area (Å²) in [5, 5.41) is 18.7. The van der Waals surface area contributed by atoms with E-state index in [1.165, 1.54) is 36.0 Å². The molecule has 0 fully saturated rings. The molecule has 0 unspecified atom stereocenters. The molecule has 0 atom stereocenters. The standard InChI is InChI=1S/C16H10FN3O3S/c17-12-4-1-11(2-5-12)3-10-15-18-19-16(23-15)24-14-8-6-13(7-9-14)20(21)22/h1-10H/b10-3+. The lowest BCUT2D eigenvalue weighted by molar-refractivity contribution is -0.384. The van der Waals surface area contributed by atoms with Gasteiger partial charge in [-0.25, -0.2) is 4.39 Å². The highest BCUT2D eigenvalue weighted by molar-refractivity contribution is 7.99. The lowest BCUT2D eigenvalue weighted by Crippen LogP contribution is -1.86. The normalized spacial score (nSPS) is 11.0. The Hall–Kier alpha value is -3.00. The summed E-state index contributed by atoms with van der Waals surface area (Å²) in [4.78, 5) is 10.9. The number of nitro groups is 1. The molecule has 8 heteroatoms. The molecule has 2 aromatic carbocycles. The molecular formula is C16H10FN3O3S. The number of benzene rings is 2. The fraction of sp³-hybridized carbons (Fsp3) is 0. The molecule has 6 nitrogen and oxygen atoms in total. The summed E-state index contributed by atoms with van der Waals surface area (Å²) < 4.78 is 18.3. The van der Waals surface area contributed by atoms with Gasteiger partial charge in [0, 0.05) is 23.1 Å². The first kappa shape index (κ1) is 15.9. The molecule has 0 aliphatic rings. The monoisotopic (exact) mass is 343 g/mol. The van der Waals surface area contributed by atoms with Gasteiger partial charge in [-0.2, -0.15) is 0 Å². The molecule has 0 amide bonds. The fourth-order valence-corrected chi connectivity index (χ4v) is 2.49. The van der Waals surface area contributed by atoms with Crippen LogP contribution in [0.1, 0.15) is 11.5 Å². The minimum atomic E-state index is -0.459. The van der Waals surface area contributed by atoms with Gasteiger partial charge in [-0.05, 0) is 47.7 Å². The molecule has 0 saturated carbocycles. The minimum Gasteiger partial charge on any atom is -0.412 e. The largest absolute Gasteiger partial charge is 0.412 e. The predicted octanol–water partition coefficient (Wildman–Crippen LogP) is 4.44. The maximum absolute atomic E-state index is 12.8. The van der Waals surface area contributed by atoms with Crippen LogP contribution in [0.2, 0.25) is 0 Å². The van der Waals surface area contributed by atoms with Crippen LogP contribution in [0.5, 0.6) is 0 Å². The highest BCUT2D eigenvalue weighted by atomic mass is 32.2. The van der Waals surface area contributed by atoms with Crippen LogP contribution in [0.15, 0.2) is 63.1 Å². The van der Waals surface area contributed by atoms with E-state index in [2.05, 4.69) is 10.2 Å². The molecule has 120 valence electrons. The fourth-order valence-electron chi connectivity index (χ4n) is 1.81. The maximum Gasteiger partial charge on any atom is 0.281 e. The van der Waals surface area contributed by atoms with Crippen LogP contribution < -0.4 is 0 Å². The number of rotatable bonds is 5. The molecule has 1 heterocycles. The third kappa shape index (κ3) is 4.05. The SMILES string of the molecule is O=[N+]([O-])c1ccc(Sc2nnc(/C=C/c3ccc(F)cc3)o2)cc1. The maximum atomic E-state index is 12.8. The topological polar surface area (TPSA) is 82.1 Å². The zero-order chi connectivity index (χ0) is 16.9. The molecule has 0 aliphatic carbocycles. The van der Waals surface area contributed by atoms with Gasteiger partial charge in [-0.15, -0.1) is 10.2 Å². The Bertz CT molecular complexity index is 876. The number of aromatic nitrogens is 2. The summed E-state index contributed by atoms with van der Waals surface area (Å²) in [5.41, 5.74) is 0.826. The van der Waals surface area contributed by atoms with Crippen molar-refractivity contribution >= 4 is 29.6 Å². The average molecular weight is 343 g/mol. The number of non-ortho nitro benzene ring substituents is 1. The van der Waals surface area contributed by atoms with E-state index in [0.717, 1.165) is 10.5 Å². The van der Waals surface area contributed by atoms with Crippen molar-refractivity contribution in [2.24, 2.45) is 0 Å². The van der Waals surface area contributed by atoms with Gasteiger partial charge in [-0.3, -0.25) is 10.1 Å². The molecule has 0 bridgehead atoms. The Morgan fingerprint density at radius 2 is 1.75 bits per heavy atom. The molecule has 0 saturated heterocycles. The first-order chi connectivity index (χ1) is 11.6. The number of halogens is 1. The number of hydrogen-bond acceptors (Lipinski definition) is 6. The van der Waals surface area contributed by atoms with Crippen LogP contribution >= 0.6 is 11.8 Å². The zero-order valence-electron chi connectivity index (χ0n) is 12.1. The van der Waals surface area contributed by atoms with E-state index in [1.807, 2.05) is 0 Å². The Balaban J connectivity index is 1.66. The Kier molecular flexibility index (Phi) is 4.66. The second-order valence-corrected chi connectivity index (χ2v) is 5.67. The third-order valence-electron chi connectivity index (χ3n) is 2.96. The second kappa shape index (κ2) is 7.05. The molecule has 0 spiro atoms. The van der Waals surface area contributed by atoms with E-state index >= 15 is 0 Å². The van der Waals surface area contributed by atoms with Gasteiger partial charge in [-0.1, -0.05) is 12.1 Å². The van der Waals surface area contributed by atoms with Crippen molar-refractivity contribution in [2.45, 2.75) is 10.1 Å². The summed E-state index contributed by atoms with van der Waals surface area (Å²) in [6.45, 7) is 0. The molecule has 3 aromatic rings. The molecule has 1 aromatic heterocycles. The van der Waals surface area contributed by atoms with Crippen molar-refractivity contribution < 1.29 is 13.7 Å². The van der Waals surface area contributed by atoms with E-state index in [0.29, 0.717) is 11.1 Å². The summed E-state index contributed by atoms with van der Waals surface area (Å²) in [6.07, 6.45) is 3.35. The first-order valence-electron chi connectivity index (χ1n) is 6.79. The van der Waals surface area contributed by atoms with Crippen molar-refractivity contribution in [3.8, 4) is 0 Å². The van der Waals surface area contributed by atoms with Crippen LogP contribution in [-0.2, 0) is 0 Å². The zero-order valence-corrected chi connectivity index (χ0v) is 12.9. The lowest BCUT2D eigenvalue weighted by atomic mass is 10.2. The second-order valence-electron chi connectivity index (χ2n) is 4.64. The number of hydrogen-bond donors (Lipinski definition) is 0. The van der Waals surface area contributed by atoms with Crippen LogP contribution in [0.25, 0.3) is 12.2 Å². The van der Waals surface area contributed by atoms with Crippen LogP contribution in [-0.4, -0.2) is 15.1 Å². The molecule has 0 radical (unpaired) electrons. The molecule has 0 N–H and O–H groups in total. The van der Waals surface area contributed by atoms with Crippen molar-refractivity contribution in [1.29, 1.82) is 0 Å². The number of nitro benzene ring substituents is 1. The van der Waals surface area contributed by atoms with E-state index in [-0.39, 0.29) is 11.5 Å². The quantitative estimate of drug-likeness (QED) is 0.503. The van der Waals surface area contributed by atoms with Crippen molar-refractivity contribution in [3.63, 3.8) is 0 Å². The van der Waals surface area contributed by atoms with Crippen molar-refractivity contribution in [2.75, 3.05) is 0 Å². The minimum absolute atomic E-state index is 0.0211. The highest BCUT2D eigenvalue weighted by Gasteiger charge is 2.08. The van der Waals surface area contributed by atoms with E-state index < -0.39 is 4.92 Å². The highest BCUT2D eigenvalue weighted by Crippen LogP contribution is 2.28. The van der Waals surface area contributed by atoms with Gasteiger partial charge in [0.15, 0.2) is 0 Å². The lowest BCUT2D eigenvalue weighted by Gasteiger charge is -1.95. The van der Waals surface area contributed by atoms with Gasteiger partial charge in [0.05, 0.1) is 4.92 Å². The van der Waals surface area contributed by atoms with Crippen LogP contribution in [0, 0.1) is 15.9 Å². The van der Waals surface area contributed by atoms with E-state index in [1.54, 1.807) is 36.4 Å². The average Bonchev–Trinajstić information content (AvgIpc) is 3.02. The predicted molar refractivity (Wildman–Crippen MR) is 86.8 cm³/mol. The Labute approximate surface area is 140 Å². The van der Waals surface area contributed by atoms with Crippen LogP contribution in [0.4, 0.5) is 10.1 Å². The molecular weight excluding hydrogens is 333 g/mol.